The summed E-state index contributed by atoms with van der Waals surface area (Å²) >= 11 is 0. The van der Waals surface area contributed by atoms with Crippen molar-refractivity contribution in [2.24, 2.45) is 0 Å². The van der Waals surface area contributed by atoms with Crippen LogP contribution >= 0.6 is 0 Å². The lowest BCUT2D eigenvalue weighted by molar-refractivity contribution is -0.113. The first kappa shape index (κ1) is 82.2. The molecule has 29 heteroatoms. The molecule has 0 saturated carbocycles. The topological polar surface area (TPSA) is 316 Å². The average molecular weight is 1380 g/mol. The van der Waals surface area contributed by atoms with E-state index in [-0.39, 0.29) is 72.1 Å². The van der Waals surface area contributed by atoms with Gasteiger partial charge < -0.3 is 39.4 Å². The Hall–Kier alpha value is -4.00. The molecule has 1 aliphatic rings. The van der Waals surface area contributed by atoms with Gasteiger partial charge in [0.05, 0.1) is 94.8 Å². The van der Waals surface area contributed by atoms with Crippen molar-refractivity contribution in [3.05, 3.63) is 119 Å². The van der Waals surface area contributed by atoms with Crippen molar-refractivity contribution in [2.75, 3.05) is 125 Å². The normalized spacial score (nSPS) is 16.0. The Bertz CT molecular complexity index is 2720. The van der Waals surface area contributed by atoms with Crippen LogP contribution in [-0.4, -0.2) is 248 Å². The number of aliphatic hydroxyl groups is 4. The molecule has 0 radical (unpaired) electrons. The summed E-state index contributed by atoms with van der Waals surface area (Å²) in [5.41, 5.74) is 3.53. The van der Waals surface area contributed by atoms with Crippen LogP contribution in [0.15, 0.2) is 117 Å². The summed E-state index contributed by atoms with van der Waals surface area (Å²) in [6.45, 7) is 27.5. The molecule has 5 N–H and O–H groups in total. The Balaban J connectivity index is 0.000000626. The van der Waals surface area contributed by atoms with Crippen LogP contribution in [-0.2, 0) is 76.2 Å². The zero-order valence-electron chi connectivity index (χ0n) is 55.5. The third-order valence-electron chi connectivity index (χ3n) is 13.3. The lowest BCUT2D eigenvalue weighted by Gasteiger charge is -2.29. The Labute approximate surface area is 548 Å². The number of nitrogens with zero attached hydrogens (tertiary/aromatic N) is 4. The second-order valence-corrected chi connectivity index (χ2v) is 29.7. The Morgan fingerprint density at radius 2 is 0.554 bits per heavy atom. The number of ether oxygens (including phenoxy) is 4. The second-order valence-electron chi connectivity index (χ2n) is 23.4. The fourth-order valence-corrected chi connectivity index (χ4v) is 13.6. The van der Waals surface area contributed by atoms with Crippen molar-refractivity contribution in [2.45, 2.75) is 151 Å². The molecule has 5 rings (SSSR count). The minimum Gasteiger partial charge on any atom is -0.392 e. The molecule has 92 heavy (non-hydrogen) atoms. The van der Waals surface area contributed by atoms with E-state index in [1.807, 2.05) is 37.5 Å². The summed E-state index contributed by atoms with van der Waals surface area (Å²) < 4.78 is 148. The predicted octanol–water partition coefficient (Wildman–Crippen LogP) is 4.64. The molecule has 1 heterocycles. The molecular weight excluding hydrogens is 1270 g/mol. The number of aliphatic hydroxyl groups excluding tert-OH is 4. The summed E-state index contributed by atoms with van der Waals surface area (Å²) in [7, 11) is -16.5. The van der Waals surface area contributed by atoms with E-state index in [2.05, 4.69) is 5.32 Å². The number of hydrogen-bond donors (Lipinski definition) is 5. The van der Waals surface area contributed by atoms with Gasteiger partial charge in [-0.25, -0.2) is 0 Å². The number of aryl methyl sites for hydroxylation is 4. The van der Waals surface area contributed by atoms with E-state index in [0.29, 0.717) is 72.7 Å². The largest absolute Gasteiger partial charge is 0.392 e. The first-order chi connectivity index (χ1) is 43.1. The lowest BCUT2D eigenvalue weighted by atomic mass is 10.2. The van der Waals surface area contributed by atoms with Gasteiger partial charge in [-0.15, -0.1) is 0 Å². The molecule has 4 aromatic rings. The minimum absolute atomic E-state index is 0.000198. The number of hydrogen-bond acceptors (Lipinski definition) is 25. The van der Waals surface area contributed by atoms with Crippen molar-refractivity contribution in [3.8, 4) is 0 Å². The van der Waals surface area contributed by atoms with Gasteiger partial charge >= 0.3 is 0 Å². The maximum atomic E-state index is 13.1. The maximum absolute atomic E-state index is 13.1. The molecule has 0 amide bonds. The van der Waals surface area contributed by atoms with Gasteiger partial charge in [-0.3, -0.25) is 41.6 Å². The van der Waals surface area contributed by atoms with E-state index in [0.717, 1.165) is 22.3 Å². The van der Waals surface area contributed by atoms with Gasteiger partial charge in [0.25, 0.3) is 40.5 Å². The van der Waals surface area contributed by atoms with Gasteiger partial charge in [0.1, 0.15) is 20.3 Å². The summed E-state index contributed by atoms with van der Waals surface area (Å²) in [4.78, 5) is 7.50. The highest BCUT2D eigenvalue weighted by atomic mass is 32.2. The van der Waals surface area contributed by atoms with Crippen LogP contribution < -0.4 is 5.32 Å². The second kappa shape index (κ2) is 41.8. The smallest absolute Gasteiger partial charge is 0.297 e. The van der Waals surface area contributed by atoms with Crippen LogP contribution in [0.3, 0.4) is 0 Å². The third-order valence-corrected chi connectivity index (χ3v) is 19.1. The quantitative estimate of drug-likeness (QED) is 0.0299. The number of benzene rings is 4. The van der Waals surface area contributed by atoms with Crippen molar-refractivity contribution in [1.82, 2.24) is 24.9 Å². The number of nitrogens with one attached hydrogen (secondary N) is 1. The van der Waals surface area contributed by atoms with Gasteiger partial charge in [-0.2, -0.15) is 33.7 Å². The highest BCUT2D eigenvalue weighted by Crippen LogP contribution is 2.21. The predicted molar refractivity (Wildman–Crippen MR) is 350 cm³/mol. The molecule has 0 bridgehead atoms. The van der Waals surface area contributed by atoms with Crippen LogP contribution in [0, 0.1) is 27.7 Å². The zero-order valence-corrected chi connectivity index (χ0v) is 58.8. The van der Waals surface area contributed by atoms with E-state index in [1.54, 1.807) is 114 Å². The van der Waals surface area contributed by atoms with E-state index < -0.39 is 89.3 Å². The molecule has 1 fully saturated rings. The van der Waals surface area contributed by atoms with Crippen LogP contribution in [0.4, 0.5) is 0 Å². The van der Waals surface area contributed by atoms with Gasteiger partial charge in [-0.1, -0.05) is 70.8 Å². The molecule has 0 spiro atoms. The molecule has 4 aromatic carbocycles. The molecular formula is C63H103N5O20S4. The van der Waals surface area contributed by atoms with E-state index in [4.69, 9.17) is 35.7 Å². The van der Waals surface area contributed by atoms with Gasteiger partial charge in [0.15, 0.2) is 0 Å². The van der Waals surface area contributed by atoms with Crippen LogP contribution in [0.25, 0.3) is 0 Å². The van der Waals surface area contributed by atoms with Crippen molar-refractivity contribution >= 4 is 40.5 Å². The van der Waals surface area contributed by atoms with Crippen molar-refractivity contribution < 1.29 is 89.8 Å². The Morgan fingerprint density at radius 3 is 0.717 bits per heavy atom. The first-order valence-corrected chi connectivity index (χ1v) is 36.4. The van der Waals surface area contributed by atoms with Crippen LogP contribution in [0.5, 0.6) is 0 Å². The summed E-state index contributed by atoms with van der Waals surface area (Å²) in [5.74, 6) is 0. The van der Waals surface area contributed by atoms with Gasteiger partial charge in [0, 0.05) is 78.5 Å². The molecule has 0 aliphatic carbocycles. The lowest BCUT2D eigenvalue weighted by Crippen LogP contribution is -2.42. The first-order valence-electron chi connectivity index (χ1n) is 30.8. The van der Waals surface area contributed by atoms with Crippen molar-refractivity contribution in [3.63, 3.8) is 0 Å². The third kappa shape index (κ3) is 34.6. The van der Waals surface area contributed by atoms with E-state index in [1.165, 1.54) is 48.5 Å². The van der Waals surface area contributed by atoms with Gasteiger partial charge in [0.2, 0.25) is 0 Å². The molecule has 524 valence electrons. The SMILES string of the molecule is C1NCOCO1.CC(O)CN(CCOCCN(CC(C)O)CC(C)O)CC(C)O.Cc1ccc(S(=O)(=O)OC(C)CN(CCOCCN(CC(C)OS(=O)(=O)c2ccc(C)cc2)CC(C)OS(=O)(=O)c2ccc(C)cc2)CC(C)OS(=O)(=O)c2ccc(C)cc2)cc1. The molecule has 1 aliphatic heterocycles. The summed E-state index contributed by atoms with van der Waals surface area (Å²) in [6.07, 6.45) is -5.21. The minimum atomic E-state index is -4.12. The van der Waals surface area contributed by atoms with Crippen molar-refractivity contribution in [1.29, 1.82) is 0 Å². The Kier molecular flexibility index (Phi) is 37.4. The summed E-state index contributed by atoms with van der Waals surface area (Å²) in [6, 6.07) is 25.0. The molecule has 25 nitrogen and oxygen atoms in total. The van der Waals surface area contributed by atoms with E-state index in [9.17, 15) is 54.1 Å². The maximum Gasteiger partial charge on any atom is 0.297 e. The highest BCUT2D eigenvalue weighted by Gasteiger charge is 2.28. The molecule has 0 aromatic heterocycles. The van der Waals surface area contributed by atoms with Crippen LogP contribution in [0.1, 0.15) is 77.6 Å². The fourth-order valence-electron chi connectivity index (χ4n) is 9.31. The van der Waals surface area contributed by atoms with Crippen LogP contribution in [0.2, 0.25) is 0 Å². The summed E-state index contributed by atoms with van der Waals surface area (Å²) in [5, 5.41) is 40.7. The fraction of sp³-hybridized carbons (Fsp3) is 0.619. The Morgan fingerprint density at radius 1 is 0.359 bits per heavy atom. The van der Waals surface area contributed by atoms with Gasteiger partial charge in [-0.05, 0) is 132 Å². The standard InChI is InChI=1S/C44H60N2O13S4.C16H36N2O5.C3H7NO2/c1-33-9-17-41(18-10-33)60(47,48)56-37(5)29-45(30-38(6)57-61(49,50)42-19-11-34(2)12-20-42)25-27-55-28-26-46(31-39(7)58-62(51,52)43-21-13-35(3)14-22-43)32-40(8)59-63(53,54)44-23-15-36(4)16-24-44;1-13(19)9-17(10-14(2)20)5-7-23-8-6-18(11-15(3)21)12-16(4)22;1-4-2-6-3-5-1/h9-24,37-40H,25-32H2,1-8H3;13-16,19-22H,5-12H2,1-4H3;4H,1-3H2. The molecule has 1 saturated heterocycles. The molecule has 8 unspecified atom stereocenters. The molecule has 8 atom stereocenters. The highest BCUT2D eigenvalue weighted by molar-refractivity contribution is 7.87. The average Bonchev–Trinajstić information content (AvgIpc) is 0.902. The van der Waals surface area contributed by atoms with E-state index >= 15 is 0 Å². The monoisotopic (exact) mass is 1380 g/mol. The zero-order chi connectivity index (χ0) is 68.7. The number of rotatable bonds is 40.